The van der Waals surface area contributed by atoms with E-state index in [-0.39, 0.29) is 36.9 Å². The van der Waals surface area contributed by atoms with Gasteiger partial charge in [0.1, 0.15) is 0 Å². The predicted molar refractivity (Wildman–Crippen MR) is 121 cm³/mol. The Kier molecular flexibility index (Phi) is 7.93. The lowest BCUT2D eigenvalue weighted by molar-refractivity contribution is -0.193. The van der Waals surface area contributed by atoms with E-state index in [1.807, 2.05) is 4.90 Å². The average Bonchev–Trinajstić information content (AvgIpc) is 2.96. The van der Waals surface area contributed by atoms with Gasteiger partial charge in [0.25, 0.3) is 5.91 Å². The standard InChI is InChI=1S/C24H34N2O7/c1-29-19-14-16-17(15-20(19)31-13-7-9-21(27)30-2)25-23(33-22-10-4-6-12-32-22)18-8-3-5-11-26(18)24(16)28/h14-15,18,22-23,25H,3-13H2,1-2H3. The van der Waals surface area contributed by atoms with Gasteiger partial charge in [-0.15, -0.1) is 0 Å². The van der Waals surface area contributed by atoms with Gasteiger partial charge in [0, 0.05) is 25.6 Å². The van der Waals surface area contributed by atoms with Crippen LogP contribution in [0.1, 0.15) is 61.7 Å². The minimum absolute atomic E-state index is 0.0339. The van der Waals surface area contributed by atoms with Crippen LogP contribution in [0.15, 0.2) is 12.1 Å². The Labute approximate surface area is 194 Å². The number of hydrogen-bond donors (Lipinski definition) is 1. The molecule has 0 radical (unpaired) electrons. The van der Waals surface area contributed by atoms with Crippen LogP contribution in [0.3, 0.4) is 0 Å². The van der Waals surface area contributed by atoms with Crippen LogP contribution in [0.25, 0.3) is 0 Å². The van der Waals surface area contributed by atoms with Gasteiger partial charge in [-0.05, 0) is 51.0 Å². The van der Waals surface area contributed by atoms with Gasteiger partial charge in [0.15, 0.2) is 24.0 Å². The topological polar surface area (TPSA) is 95.6 Å². The molecule has 1 N–H and O–H groups in total. The number of ether oxygens (including phenoxy) is 5. The fourth-order valence-electron chi connectivity index (χ4n) is 4.66. The number of rotatable bonds is 8. The second-order valence-corrected chi connectivity index (χ2v) is 8.64. The third-order valence-electron chi connectivity index (χ3n) is 6.44. The molecular weight excluding hydrogens is 428 g/mol. The van der Waals surface area contributed by atoms with Gasteiger partial charge >= 0.3 is 5.97 Å². The van der Waals surface area contributed by atoms with E-state index in [1.54, 1.807) is 19.2 Å². The smallest absolute Gasteiger partial charge is 0.305 e. The van der Waals surface area contributed by atoms with Crippen molar-refractivity contribution in [3.8, 4) is 11.5 Å². The fraction of sp³-hybridized carbons (Fsp3) is 0.667. The zero-order chi connectivity index (χ0) is 23.2. The van der Waals surface area contributed by atoms with E-state index in [2.05, 4.69) is 10.1 Å². The number of amides is 1. The van der Waals surface area contributed by atoms with Gasteiger partial charge in [-0.3, -0.25) is 9.59 Å². The molecule has 3 unspecified atom stereocenters. The third kappa shape index (κ3) is 5.52. The molecule has 3 aliphatic heterocycles. The van der Waals surface area contributed by atoms with Crippen molar-refractivity contribution in [3.05, 3.63) is 17.7 Å². The maximum absolute atomic E-state index is 13.5. The first-order valence-corrected chi connectivity index (χ1v) is 11.9. The van der Waals surface area contributed by atoms with Crippen LogP contribution in [0, 0.1) is 0 Å². The Balaban J connectivity index is 1.57. The van der Waals surface area contributed by atoms with Crippen LogP contribution >= 0.6 is 0 Å². The van der Waals surface area contributed by atoms with Gasteiger partial charge in [-0.25, -0.2) is 0 Å². The van der Waals surface area contributed by atoms with E-state index in [0.717, 1.165) is 38.5 Å². The molecule has 1 aromatic carbocycles. The van der Waals surface area contributed by atoms with Crippen molar-refractivity contribution >= 4 is 17.6 Å². The van der Waals surface area contributed by atoms with Crippen molar-refractivity contribution in [1.82, 2.24) is 4.90 Å². The Morgan fingerprint density at radius 1 is 1.15 bits per heavy atom. The van der Waals surface area contributed by atoms with E-state index in [1.165, 1.54) is 7.11 Å². The lowest BCUT2D eigenvalue weighted by Crippen LogP contribution is -2.52. The molecule has 0 bridgehead atoms. The van der Waals surface area contributed by atoms with Crippen LogP contribution in [0.5, 0.6) is 11.5 Å². The molecule has 1 aromatic rings. The first-order chi connectivity index (χ1) is 16.1. The van der Waals surface area contributed by atoms with Crippen molar-refractivity contribution in [2.45, 2.75) is 69.9 Å². The third-order valence-corrected chi connectivity index (χ3v) is 6.44. The van der Waals surface area contributed by atoms with Gasteiger partial charge in [0.05, 0.1) is 38.1 Å². The van der Waals surface area contributed by atoms with Gasteiger partial charge < -0.3 is 33.9 Å². The number of methoxy groups -OCH3 is 2. The van der Waals surface area contributed by atoms with Gasteiger partial charge in [-0.1, -0.05) is 0 Å². The number of benzene rings is 1. The van der Waals surface area contributed by atoms with Crippen molar-refractivity contribution in [2.24, 2.45) is 0 Å². The lowest BCUT2D eigenvalue weighted by atomic mass is 10.0. The van der Waals surface area contributed by atoms with Crippen molar-refractivity contribution < 1.29 is 33.3 Å². The van der Waals surface area contributed by atoms with Crippen molar-refractivity contribution in [2.75, 3.05) is 39.3 Å². The van der Waals surface area contributed by atoms with Crippen molar-refractivity contribution in [1.29, 1.82) is 0 Å². The number of fused-ring (bicyclic) bond motifs is 2. The number of carbonyl (C=O) groups excluding carboxylic acids is 2. The minimum Gasteiger partial charge on any atom is -0.493 e. The largest absolute Gasteiger partial charge is 0.493 e. The second kappa shape index (κ2) is 11.1. The summed E-state index contributed by atoms with van der Waals surface area (Å²) in [7, 11) is 2.92. The summed E-state index contributed by atoms with van der Waals surface area (Å²) in [4.78, 5) is 26.8. The maximum Gasteiger partial charge on any atom is 0.305 e. The SMILES string of the molecule is COC(=O)CCCOc1cc2c(cc1OC)C(=O)N1CCCCC1C(OC1CCCCO1)N2. The van der Waals surface area contributed by atoms with Crippen LogP contribution < -0.4 is 14.8 Å². The first-order valence-electron chi connectivity index (χ1n) is 11.9. The van der Waals surface area contributed by atoms with E-state index >= 15 is 0 Å². The molecule has 9 heteroatoms. The van der Waals surface area contributed by atoms with Crippen LogP contribution in [0.4, 0.5) is 5.69 Å². The molecule has 0 aromatic heterocycles. The zero-order valence-electron chi connectivity index (χ0n) is 19.5. The van der Waals surface area contributed by atoms with Gasteiger partial charge in [0.2, 0.25) is 0 Å². The fourth-order valence-corrected chi connectivity index (χ4v) is 4.66. The normalized spacial score (nSPS) is 24.7. The molecule has 0 spiro atoms. The number of nitrogens with one attached hydrogen (secondary N) is 1. The number of carbonyl (C=O) groups is 2. The first kappa shape index (κ1) is 23.6. The van der Waals surface area contributed by atoms with E-state index in [0.29, 0.717) is 48.9 Å². The van der Waals surface area contributed by atoms with E-state index in [9.17, 15) is 9.59 Å². The number of hydrogen-bond acceptors (Lipinski definition) is 8. The molecule has 4 rings (SSSR count). The van der Waals surface area contributed by atoms with Crippen LogP contribution in [-0.4, -0.2) is 69.3 Å². The molecule has 2 fully saturated rings. The monoisotopic (exact) mass is 462 g/mol. The summed E-state index contributed by atoms with van der Waals surface area (Å²) in [5, 5.41) is 3.47. The highest BCUT2D eigenvalue weighted by Crippen LogP contribution is 2.39. The molecule has 2 saturated heterocycles. The molecule has 33 heavy (non-hydrogen) atoms. The Hall–Kier alpha value is -2.52. The van der Waals surface area contributed by atoms with E-state index in [4.69, 9.17) is 18.9 Å². The van der Waals surface area contributed by atoms with Crippen LogP contribution in [-0.2, 0) is 19.0 Å². The molecule has 3 atom stereocenters. The molecular formula is C24H34N2O7. The summed E-state index contributed by atoms with van der Waals surface area (Å²) in [6.45, 7) is 1.72. The second-order valence-electron chi connectivity index (χ2n) is 8.64. The molecule has 0 saturated carbocycles. The molecule has 1 amide bonds. The summed E-state index contributed by atoms with van der Waals surface area (Å²) in [6.07, 6.45) is 6.00. The Morgan fingerprint density at radius 2 is 2.00 bits per heavy atom. The number of nitrogens with zero attached hydrogens (tertiary/aromatic N) is 1. The highest BCUT2D eigenvalue weighted by Gasteiger charge is 2.40. The Morgan fingerprint density at radius 3 is 2.76 bits per heavy atom. The quantitative estimate of drug-likeness (QED) is 0.464. The summed E-state index contributed by atoms with van der Waals surface area (Å²) in [6, 6.07) is 3.45. The summed E-state index contributed by atoms with van der Waals surface area (Å²) in [5.74, 6) is 0.675. The van der Waals surface area contributed by atoms with Gasteiger partial charge in [-0.2, -0.15) is 0 Å². The molecule has 3 aliphatic rings. The summed E-state index contributed by atoms with van der Waals surface area (Å²) < 4.78 is 28.3. The Bertz CT molecular complexity index is 840. The molecule has 9 nitrogen and oxygen atoms in total. The summed E-state index contributed by atoms with van der Waals surface area (Å²) in [5.41, 5.74) is 1.19. The molecule has 3 heterocycles. The summed E-state index contributed by atoms with van der Waals surface area (Å²) >= 11 is 0. The molecule has 0 aliphatic carbocycles. The maximum atomic E-state index is 13.5. The predicted octanol–water partition coefficient (Wildman–Crippen LogP) is 3.32. The number of esters is 1. The zero-order valence-corrected chi connectivity index (χ0v) is 19.5. The number of piperidine rings is 1. The van der Waals surface area contributed by atoms with Crippen molar-refractivity contribution in [3.63, 3.8) is 0 Å². The lowest BCUT2D eigenvalue weighted by Gasteiger charge is -2.39. The van der Waals surface area contributed by atoms with E-state index < -0.39 is 0 Å². The highest BCUT2D eigenvalue weighted by molar-refractivity contribution is 6.01. The number of anilines is 1. The average molecular weight is 463 g/mol. The highest BCUT2D eigenvalue weighted by atomic mass is 16.7. The van der Waals surface area contributed by atoms with Crippen LogP contribution in [0.2, 0.25) is 0 Å². The molecule has 182 valence electrons. The minimum atomic E-state index is -0.376.